The number of nitrogens with two attached hydrogens (primary N) is 1. The maximum absolute atomic E-state index is 10.8. The summed E-state index contributed by atoms with van der Waals surface area (Å²) in [7, 11) is 0. The molecule has 1 saturated heterocycles. The van der Waals surface area contributed by atoms with E-state index in [2.05, 4.69) is 22.5 Å². The minimum Gasteiger partial charge on any atom is -0.484 e. The summed E-state index contributed by atoms with van der Waals surface area (Å²) in [5.74, 6) is 1.06. The number of nitrogens with zero attached hydrogens (tertiary/aromatic N) is 2. The molecular weight excluding hydrogens is 493 g/mol. The summed E-state index contributed by atoms with van der Waals surface area (Å²) in [4.78, 5) is 18.1. The lowest BCUT2D eigenvalue weighted by Crippen LogP contribution is -2.38. The Morgan fingerprint density at radius 3 is 2.47 bits per heavy atom. The lowest BCUT2D eigenvalue weighted by atomic mass is 10.1. The van der Waals surface area contributed by atoms with Crippen molar-refractivity contribution < 1.29 is 9.53 Å². The van der Waals surface area contributed by atoms with E-state index in [1.54, 1.807) is 0 Å². The molecule has 0 aromatic heterocycles. The maximum Gasteiger partial charge on any atom is 0.255 e. The van der Waals surface area contributed by atoms with Gasteiger partial charge < -0.3 is 26.0 Å². The van der Waals surface area contributed by atoms with Gasteiger partial charge in [-0.1, -0.05) is 25.0 Å². The Kier molecular flexibility index (Phi) is 14.3. The fraction of sp³-hybridized carbons (Fsp3) is 0.636. The fourth-order valence-electron chi connectivity index (χ4n) is 3.42. The van der Waals surface area contributed by atoms with Crippen LogP contribution in [0.25, 0.3) is 0 Å². The Hall–Kier alpha value is -1.55. The zero-order chi connectivity index (χ0) is 20.7. The van der Waals surface area contributed by atoms with Gasteiger partial charge in [-0.05, 0) is 69.9 Å². The molecule has 1 amide bonds. The Balaban J connectivity index is 0.00000450. The molecule has 0 atom stereocenters. The largest absolute Gasteiger partial charge is 0.484 e. The van der Waals surface area contributed by atoms with Crippen LogP contribution in [0, 0.1) is 0 Å². The van der Waals surface area contributed by atoms with Crippen molar-refractivity contribution in [3.8, 4) is 5.75 Å². The van der Waals surface area contributed by atoms with Gasteiger partial charge >= 0.3 is 0 Å². The Morgan fingerprint density at radius 1 is 1.13 bits per heavy atom. The van der Waals surface area contributed by atoms with Crippen molar-refractivity contribution in [2.75, 3.05) is 45.9 Å². The Morgan fingerprint density at radius 2 is 1.83 bits per heavy atom. The fourth-order valence-corrected chi connectivity index (χ4v) is 3.42. The molecule has 1 aromatic carbocycles. The van der Waals surface area contributed by atoms with Crippen molar-refractivity contribution in [2.45, 2.75) is 45.4 Å². The van der Waals surface area contributed by atoms with Gasteiger partial charge in [0.25, 0.3) is 5.91 Å². The quantitative estimate of drug-likeness (QED) is 0.177. The number of carbonyl (C=O) groups is 1. The number of carbonyl (C=O) groups excluding carboxylic acids is 1. The summed E-state index contributed by atoms with van der Waals surface area (Å²) in [6.45, 7) is 8.12. The van der Waals surface area contributed by atoms with Gasteiger partial charge in [0.15, 0.2) is 12.6 Å². The summed E-state index contributed by atoms with van der Waals surface area (Å²) in [6.07, 6.45) is 7.42. The number of amides is 1. The molecule has 1 aromatic rings. The number of halogens is 1. The summed E-state index contributed by atoms with van der Waals surface area (Å²) in [5, 5.41) is 6.72. The van der Waals surface area contributed by atoms with Crippen LogP contribution < -0.4 is 21.1 Å². The molecule has 0 spiro atoms. The average molecular weight is 531 g/mol. The van der Waals surface area contributed by atoms with Crippen molar-refractivity contribution >= 4 is 35.8 Å². The number of nitrogens with one attached hydrogen (secondary N) is 2. The first-order valence-electron chi connectivity index (χ1n) is 10.9. The molecule has 0 radical (unpaired) electrons. The summed E-state index contributed by atoms with van der Waals surface area (Å²) >= 11 is 0. The van der Waals surface area contributed by atoms with E-state index in [0.717, 1.165) is 45.0 Å². The van der Waals surface area contributed by atoms with Crippen LogP contribution in [0.15, 0.2) is 29.3 Å². The highest BCUT2D eigenvalue weighted by Crippen LogP contribution is 2.12. The minimum atomic E-state index is -0.472. The third kappa shape index (κ3) is 11.6. The second kappa shape index (κ2) is 16.2. The van der Waals surface area contributed by atoms with E-state index >= 15 is 0 Å². The van der Waals surface area contributed by atoms with Crippen LogP contribution in [0.5, 0.6) is 5.75 Å². The zero-order valence-corrected chi connectivity index (χ0v) is 20.5. The van der Waals surface area contributed by atoms with E-state index in [-0.39, 0.29) is 30.6 Å². The number of hydrogen-bond acceptors (Lipinski definition) is 4. The number of rotatable bonds is 11. The molecule has 0 aliphatic carbocycles. The maximum atomic E-state index is 10.8. The second-order valence-corrected chi connectivity index (χ2v) is 7.45. The van der Waals surface area contributed by atoms with Crippen molar-refractivity contribution in [1.82, 2.24) is 15.5 Å². The van der Waals surface area contributed by atoms with Crippen molar-refractivity contribution in [3.05, 3.63) is 29.8 Å². The van der Waals surface area contributed by atoms with Gasteiger partial charge in [0.1, 0.15) is 5.75 Å². The monoisotopic (exact) mass is 531 g/mol. The molecule has 0 bridgehead atoms. The molecule has 2 rings (SSSR count). The van der Waals surface area contributed by atoms with Gasteiger partial charge in [0, 0.05) is 19.6 Å². The van der Waals surface area contributed by atoms with Crippen LogP contribution in [-0.4, -0.2) is 62.6 Å². The standard InChI is InChI=1S/C22H37N5O2.HI/c1-2-24-22(25-13-7-17-27-15-5-3-4-6-16-27)26-14-12-19-8-10-20(11-9-19)29-18-21(23)28;/h8-11H,2-7,12-18H2,1H3,(H2,23,28)(H2,24,25,26);1H. The number of benzene rings is 1. The molecule has 1 aliphatic heterocycles. The molecule has 1 aliphatic rings. The van der Waals surface area contributed by atoms with Crippen LogP contribution in [0.4, 0.5) is 0 Å². The summed E-state index contributed by atoms with van der Waals surface area (Å²) < 4.78 is 5.28. The molecule has 4 N–H and O–H groups in total. The normalized spacial score (nSPS) is 15.0. The van der Waals surface area contributed by atoms with Gasteiger partial charge in [0.2, 0.25) is 0 Å². The van der Waals surface area contributed by atoms with Gasteiger partial charge in [0.05, 0.1) is 0 Å². The lowest BCUT2D eigenvalue weighted by molar-refractivity contribution is -0.119. The first kappa shape index (κ1) is 26.5. The summed E-state index contributed by atoms with van der Waals surface area (Å²) in [5.41, 5.74) is 6.28. The van der Waals surface area contributed by atoms with Crippen LogP contribution in [0.2, 0.25) is 0 Å². The van der Waals surface area contributed by atoms with E-state index in [9.17, 15) is 4.79 Å². The van der Waals surface area contributed by atoms with Crippen molar-refractivity contribution in [3.63, 3.8) is 0 Å². The lowest BCUT2D eigenvalue weighted by Gasteiger charge is -2.19. The third-order valence-electron chi connectivity index (χ3n) is 4.96. The molecule has 30 heavy (non-hydrogen) atoms. The molecule has 0 unspecified atom stereocenters. The molecule has 7 nitrogen and oxygen atoms in total. The predicted octanol–water partition coefficient (Wildman–Crippen LogP) is 2.53. The topological polar surface area (TPSA) is 92.0 Å². The van der Waals surface area contributed by atoms with Gasteiger partial charge in [-0.25, -0.2) is 0 Å². The predicted molar refractivity (Wildman–Crippen MR) is 134 cm³/mol. The van der Waals surface area contributed by atoms with E-state index in [0.29, 0.717) is 5.75 Å². The molecule has 0 saturated carbocycles. The highest BCUT2D eigenvalue weighted by molar-refractivity contribution is 14.0. The molecule has 170 valence electrons. The van der Waals surface area contributed by atoms with Gasteiger partial charge in [-0.15, -0.1) is 24.0 Å². The number of ether oxygens (including phenoxy) is 1. The minimum absolute atomic E-state index is 0. The highest BCUT2D eigenvalue weighted by atomic mass is 127. The Bertz CT molecular complexity index is 616. The first-order chi connectivity index (χ1) is 14.2. The molecule has 8 heteroatoms. The van der Waals surface area contributed by atoms with Crippen LogP contribution >= 0.6 is 24.0 Å². The first-order valence-corrected chi connectivity index (χ1v) is 10.9. The van der Waals surface area contributed by atoms with E-state index in [1.807, 2.05) is 24.3 Å². The van der Waals surface area contributed by atoms with Gasteiger partial charge in [-0.2, -0.15) is 0 Å². The van der Waals surface area contributed by atoms with Crippen molar-refractivity contribution in [2.24, 2.45) is 10.7 Å². The highest BCUT2D eigenvalue weighted by Gasteiger charge is 2.08. The van der Waals surface area contributed by atoms with Crippen LogP contribution in [0.1, 0.15) is 44.6 Å². The number of aliphatic imine (C=N–C) groups is 1. The van der Waals surface area contributed by atoms with Crippen LogP contribution in [0.3, 0.4) is 0 Å². The number of guanidine groups is 1. The van der Waals surface area contributed by atoms with E-state index < -0.39 is 5.91 Å². The second-order valence-electron chi connectivity index (χ2n) is 7.45. The molecule has 1 fully saturated rings. The number of primary amides is 1. The van der Waals surface area contributed by atoms with E-state index in [1.165, 1.54) is 44.3 Å². The number of hydrogen-bond donors (Lipinski definition) is 3. The number of likely N-dealkylation sites (tertiary alicyclic amines) is 1. The van der Waals surface area contributed by atoms with Gasteiger partial charge in [-0.3, -0.25) is 9.79 Å². The van der Waals surface area contributed by atoms with E-state index in [4.69, 9.17) is 15.5 Å². The third-order valence-corrected chi connectivity index (χ3v) is 4.96. The molecule has 1 heterocycles. The Labute approximate surface area is 198 Å². The average Bonchev–Trinajstić information content (AvgIpc) is 2.99. The molecular formula is C22H38IN5O2. The SMILES string of the molecule is CCNC(=NCCCN1CCCCCC1)NCCc1ccc(OCC(N)=O)cc1.I. The van der Waals surface area contributed by atoms with Crippen molar-refractivity contribution in [1.29, 1.82) is 0 Å². The smallest absolute Gasteiger partial charge is 0.255 e. The zero-order valence-electron chi connectivity index (χ0n) is 18.2. The summed E-state index contributed by atoms with van der Waals surface area (Å²) in [6, 6.07) is 7.73. The van der Waals surface area contributed by atoms with Crippen LogP contribution in [-0.2, 0) is 11.2 Å².